The van der Waals surface area contributed by atoms with Gasteiger partial charge in [0, 0.05) is 10.0 Å². The van der Waals surface area contributed by atoms with Crippen LogP contribution in [0.3, 0.4) is 0 Å². The summed E-state index contributed by atoms with van der Waals surface area (Å²) in [6.45, 7) is 0. The van der Waals surface area contributed by atoms with Crippen LogP contribution >= 0.6 is 28.3 Å². The van der Waals surface area contributed by atoms with Crippen LogP contribution in [0.4, 0.5) is 13.2 Å². The predicted molar refractivity (Wildman–Crippen MR) is 57.4 cm³/mol. The minimum Gasteiger partial charge on any atom is -0.384 e. The quantitative estimate of drug-likeness (QED) is 0.607. The predicted octanol–water partition coefficient (Wildman–Crippen LogP) is 3.17. The van der Waals surface area contributed by atoms with Gasteiger partial charge in [-0.05, 0) is 18.2 Å². The Morgan fingerprint density at radius 3 is 2.27 bits per heavy atom. The molecule has 7 heteroatoms. The van der Waals surface area contributed by atoms with E-state index >= 15 is 0 Å². The summed E-state index contributed by atoms with van der Waals surface area (Å²) in [5.41, 5.74) is 3.82. The minimum absolute atomic E-state index is 0. The van der Waals surface area contributed by atoms with E-state index in [1.165, 1.54) is 6.07 Å². The molecule has 0 aliphatic carbocycles. The standard InChI is InChI=1S/C8H6BrF3N2.ClH/c9-4-1-2-5(7(13)14)6(3-4)8(10,11)12;/h1-3H,(H3,13,14);1H. The van der Waals surface area contributed by atoms with E-state index in [2.05, 4.69) is 15.9 Å². The lowest BCUT2D eigenvalue weighted by Gasteiger charge is -2.11. The molecule has 0 bridgehead atoms. The maximum atomic E-state index is 12.4. The number of hydrogen-bond donors (Lipinski definition) is 2. The lowest BCUT2D eigenvalue weighted by molar-refractivity contribution is -0.137. The van der Waals surface area contributed by atoms with Crippen molar-refractivity contribution in [2.45, 2.75) is 6.18 Å². The normalized spacial score (nSPS) is 10.7. The van der Waals surface area contributed by atoms with E-state index in [0.717, 1.165) is 12.1 Å². The van der Waals surface area contributed by atoms with Crippen molar-refractivity contribution in [1.82, 2.24) is 0 Å². The lowest BCUT2D eigenvalue weighted by atomic mass is 10.1. The van der Waals surface area contributed by atoms with Crippen molar-refractivity contribution in [1.29, 1.82) is 5.41 Å². The van der Waals surface area contributed by atoms with Gasteiger partial charge in [-0.25, -0.2) is 0 Å². The molecule has 84 valence electrons. The number of alkyl halides is 3. The number of nitrogen functional groups attached to an aromatic ring is 1. The lowest BCUT2D eigenvalue weighted by Crippen LogP contribution is -2.18. The van der Waals surface area contributed by atoms with Gasteiger partial charge in [0.25, 0.3) is 0 Å². The molecule has 0 spiro atoms. The summed E-state index contributed by atoms with van der Waals surface area (Å²) in [6.07, 6.45) is -4.50. The van der Waals surface area contributed by atoms with Gasteiger partial charge in [-0.3, -0.25) is 5.41 Å². The third-order valence-corrected chi connectivity index (χ3v) is 2.07. The van der Waals surface area contributed by atoms with Crippen LogP contribution in [0, 0.1) is 5.41 Å². The van der Waals surface area contributed by atoms with Crippen molar-refractivity contribution >= 4 is 34.2 Å². The molecular formula is C8H7BrClF3N2. The van der Waals surface area contributed by atoms with Gasteiger partial charge in [-0.15, -0.1) is 12.4 Å². The first-order valence-corrected chi connectivity index (χ1v) is 4.33. The molecule has 0 saturated heterocycles. The third kappa shape index (κ3) is 3.39. The van der Waals surface area contributed by atoms with Gasteiger partial charge >= 0.3 is 6.18 Å². The van der Waals surface area contributed by atoms with Crippen LogP contribution in [-0.4, -0.2) is 5.84 Å². The van der Waals surface area contributed by atoms with Crippen LogP contribution in [0.5, 0.6) is 0 Å². The van der Waals surface area contributed by atoms with E-state index in [1.807, 2.05) is 0 Å². The Hall–Kier alpha value is -0.750. The highest BCUT2D eigenvalue weighted by Gasteiger charge is 2.34. The highest BCUT2D eigenvalue weighted by molar-refractivity contribution is 9.10. The molecule has 0 aliphatic rings. The Morgan fingerprint density at radius 1 is 1.33 bits per heavy atom. The molecule has 1 aromatic carbocycles. The van der Waals surface area contributed by atoms with Gasteiger partial charge in [0.15, 0.2) is 0 Å². The SMILES string of the molecule is Cl.N=C(N)c1ccc(Br)cc1C(F)(F)F. The topological polar surface area (TPSA) is 49.9 Å². The Balaban J connectivity index is 0.00000196. The number of rotatable bonds is 1. The summed E-state index contributed by atoms with van der Waals surface area (Å²) >= 11 is 2.93. The molecule has 3 N–H and O–H groups in total. The summed E-state index contributed by atoms with van der Waals surface area (Å²) in [7, 11) is 0. The molecule has 2 nitrogen and oxygen atoms in total. The van der Waals surface area contributed by atoms with Crippen molar-refractivity contribution in [3.8, 4) is 0 Å². The average molecular weight is 304 g/mol. The van der Waals surface area contributed by atoms with Crippen LogP contribution in [-0.2, 0) is 6.18 Å². The monoisotopic (exact) mass is 302 g/mol. The Bertz CT molecular complexity index is 379. The van der Waals surface area contributed by atoms with Crippen LogP contribution < -0.4 is 5.73 Å². The second-order valence-electron chi connectivity index (χ2n) is 2.60. The zero-order valence-corrected chi connectivity index (χ0v) is 9.63. The molecule has 0 aromatic heterocycles. The fourth-order valence-electron chi connectivity index (χ4n) is 0.986. The van der Waals surface area contributed by atoms with Crippen molar-refractivity contribution in [3.05, 3.63) is 33.8 Å². The number of nitrogens with two attached hydrogens (primary N) is 1. The first-order chi connectivity index (χ1) is 6.32. The Morgan fingerprint density at radius 2 is 1.87 bits per heavy atom. The highest BCUT2D eigenvalue weighted by atomic mass is 79.9. The van der Waals surface area contributed by atoms with Crippen molar-refractivity contribution in [2.75, 3.05) is 0 Å². The molecule has 1 aromatic rings. The number of hydrogen-bond acceptors (Lipinski definition) is 1. The zero-order valence-electron chi connectivity index (χ0n) is 7.23. The number of nitrogens with one attached hydrogen (secondary N) is 1. The number of amidine groups is 1. The van der Waals surface area contributed by atoms with Crippen molar-refractivity contribution in [3.63, 3.8) is 0 Å². The van der Waals surface area contributed by atoms with Crippen LogP contribution in [0.25, 0.3) is 0 Å². The van der Waals surface area contributed by atoms with Gasteiger partial charge < -0.3 is 5.73 Å². The molecule has 0 fully saturated rings. The molecule has 0 radical (unpaired) electrons. The summed E-state index contributed by atoms with van der Waals surface area (Å²) in [6, 6.07) is 3.47. The molecule has 0 amide bonds. The maximum absolute atomic E-state index is 12.4. The molecule has 0 aliphatic heterocycles. The van der Waals surface area contributed by atoms with E-state index in [4.69, 9.17) is 11.1 Å². The van der Waals surface area contributed by atoms with Crippen molar-refractivity contribution in [2.24, 2.45) is 5.73 Å². The summed E-state index contributed by atoms with van der Waals surface area (Å²) in [5, 5.41) is 6.99. The maximum Gasteiger partial charge on any atom is 0.417 e. The van der Waals surface area contributed by atoms with Crippen molar-refractivity contribution < 1.29 is 13.2 Å². The van der Waals surface area contributed by atoms with E-state index in [0.29, 0.717) is 4.47 Å². The fourth-order valence-corrected chi connectivity index (χ4v) is 1.35. The molecule has 0 atom stereocenters. The Labute approximate surface area is 98.7 Å². The molecule has 0 heterocycles. The van der Waals surface area contributed by atoms with Crippen LogP contribution in [0.1, 0.15) is 11.1 Å². The smallest absolute Gasteiger partial charge is 0.384 e. The van der Waals surface area contributed by atoms with Gasteiger partial charge in [0.05, 0.1) is 5.56 Å². The highest BCUT2D eigenvalue weighted by Crippen LogP contribution is 2.33. The molecule has 1 rings (SSSR count). The van der Waals surface area contributed by atoms with Gasteiger partial charge in [-0.2, -0.15) is 13.2 Å². The third-order valence-electron chi connectivity index (χ3n) is 1.58. The fraction of sp³-hybridized carbons (Fsp3) is 0.125. The second kappa shape index (κ2) is 4.85. The second-order valence-corrected chi connectivity index (χ2v) is 3.52. The summed E-state index contributed by atoms with van der Waals surface area (Å²) in [4.78, 5) is 0. The van der Waals surface area contributed by atoms with Crippen LogP contribution in [0.2, 0.25) is 0 Å². The molecule has 0 saturated carbocycles. The zero-order chi connectivity index (χ0) is 10.9. The molecular weight excluding hydrogens is 296 g/mol. The minimum atomic E-state index is -4.50. The summed E-state index contributed by atoms with van der Waals surface area (Å²) < 4.78 is 37.5. The molecule has 15 heavy (non-hydrogen) atoms. The molecule has 0 unspecified atom stereocenters. The first-order valence-electron chi connectivity index (χ1n) is 3.53. The Kier molecular flexibility index (Phi) is 4.61. The number of halogens is 5. The van der Waals surface area contributed by atoms with E-state index in [9.17, 15) is 13.2 Å². The van der Waals surface area contributed by atoms with E-state index in [-0.39, 0.29) is 18.0 Å². The summed E-state index contributed by atoms with van der Waals surface area (Å²) in [5.74, 6) is -0.593. The number of benzene rings is 1. The largest absolute Gasteiger partial charge is 0.417 e. The average Bonchev–Trinajstić information content (AvgIpc) is 2.01. The van der Waals surface area contributed by atoms with Crippen LogP contribution in [0.15, 0.2) is 22.7 Å². The van der Waals surface area contributed by atoms with Gasteiger partial charge in [0.1, 0.15) is 5.84 Å². The van der Waals surface area contributed by atoms with E-state index in [1.54, 1.807) is 0 Å². The van der Waals surface area contributed by atoms with E-state index < -0.39 is 17.6 Å². The first kappa shape index (κ1) is 14.2. The van der Waals surface area contributed by atoms with Gasteiger partial charge in [-0.1, -0.05) is 15.9 Å². The van der Waals surface area contributed by atoms with Gasteiger partial charge in [0.2, 0.25) is 0 Å².